The molecule has 2 fully saturated rings. The maximum Gasteiger partial charge on any atom is 1.00 e. The van der Waals surface area contributed by atoms with Crippen LogP contribution in [0.15, 0.2) is 22.1 Å². The van der Waals surface area contributed by atoms with Crippen molar-refractivity contribution in [2.75, 3.05) is 25.1 Å². The number of carbonyl (C=O) groups is 1. The summed E-state index contributed by atoms with van der Waals surface area (Å²) in [6.45, 7) is -0.974. The molecule has 1 aromatic rings. The van der Waals surface area contributed by atoms with E-state index in [-0.39, 0.29) is 64.9 Å². The van der Waals surface area contributed by atoms with Crippen molar-refractivity contribution < 1.29 is 128 Å². The van der Waals surface area contributed by atoms with E-state index in [0.29, 0.717) is 0 Å². The molecule has 1 unspecified atom stereocenters. The fraction of sp³-hybridized carbons (Fsp3) is 0.714. The molecule has 2 aliphatic heterocycles. The van der Waals surface area contributed by atoms with Gasteiger partial charge >= 0.3 is 72.4 Å². The Morgan fingerprint density at radius 3 is 2.47 bits per heavy atom. The van der Waals surface area contributed by atoms with E-state index in [1.54, 1.807) is 0 Å². The second-order valence-electron chi connectivity index (χ2n) is 9.69. The number of ether oxygens (including phenoxy) is 2. The fourth-order valence-electron chi connectivity index (χ4n) is 4.60. The molecule has 0 radical (unpaired) electrons. The minimum atomic E-state index is -5.07. The van der Waals surface area contributed by atoms with Gasteiger partial charge in [0.25, 0.3) is 0 Å². The number of nitrogens with zero attached hydrogens (tertiary/aromatic N) is 3. The van der Waals surface area contributed by atoms with Gasteiger partial charge in [-0.2, -0.15) is 4.98 Å². The van der Waals surface area contributed by atoms with Crippen molar-refractivity contribution in [3.63, 3.8) is 0 Å². The summed E-state index contributed by atoms with van der Waals surface area (Å²) in [7, 11) is -5.07. The number of aromatic nitrogens is 2. The topological polar surface area (TPSA) is 323 Å². The molecule has 11 atom stereocenters. The van der Waals surface area contributed by atoms with E-state index in [1.165, 1.54) is 6.07 Å². The minimum Gasteiger partial charge on any atom is -0.862 e. The number of anilines is 1. The van der Waals surface area contributed by atoms with Gasteiger partial charge in [-0.15, -0.1) is 0 Å². The molecule has 3 heterocycles. The van der Waals surface area contributed by atoms with Crippen LogP contribution in [0.1, 0.15) is 19.6 Å². The summed E-state index contributed by atoms with van der Waals surface area (Å²) in [4.78, 5) is 41.8. The van der Waals surface area contributed by atoms with E-state index < -0.39 is 112 Å². The Morgan fingerprint density at radius 2 is 1.93 bits per heavy atom. The summed E-state index contributed by atoms with van der Waals surface area (Å²) in [5.41, 5.74) is 1.65. The average Bonchev–Trinajstić information content (AvgIpc) is 3.16. The van der Waals surface area contributed by atoms with E-state index >= 15 is 0 Å². The van der Waals surface area contributed by atoms with Crippen molar-refractivity contribution in [3.05, 3.63) is 22.7 Å². The number of carboxylic acid groups (broad SMARTS) is 1. The molecule has 0 aromatic carbocycles. The third-order valence-electron chi connectivity index (χ3n) is 6.61. The van der Waals surface area contributed by atoms with Crippen LogP contribution >= 0.6 is 7.60 Å². The second kappa shape index (κ2) is 16.3. The Bertz CT molecular complexity index is 1240. The number of aliphatic carboxylic acids is 1. The first-order chi connectivity index (χ1) is 19.0. The predicted octanol–water partition coefficient (Wildman–Crippen LogP) is -12.8. The van der Waals surface area contributed by atoms with Gasteiger partial charge in [-0.3, -0.25) is 14.1 Å². The molecule has 0 bridgehead atoms. The third kappa shape index (κ3) is 9.49. The van der Waals surface area contributed by atoms with Gasteiger partial charge in [0.1, 0.15) is 54.1 Å². The van der Waals surface area contributed by atoms with Crippen LogP contribution in [-0.4, -0.2) is 131 Å². The number of aliphatic hydroxyl groups is 6. The monoisotopic (exact) mass is 656 g/mol. The van der Waals surface area contributed by atoms with Crippen molar-refractivity contribution in [3.8, 4) is 0 Å². The van der Waals surface area contributed by atoms with Crippen molar-refractivity contribution in [2.45, 2.75) is 73.9 Å². The molecule has 9 N–H and O–H groups in total. The number of rotatable bonds is 11. The third-order valence-corrected chi connectivity index (χ3v) is 8.07. The summed E-state index contributed by atoms with van der Waals surface area (Å²) >= 11 is 0. The van der Waals surface area contributed by atoms with Crippen LogP contribution in [0.2, 0.25) is 0 Å². The number of aliphatic imine (C=N–C) groups is 1. The molecule has 0 amide bonds. The molecule has 2 saturated heterocycles. The molecular weight excluding hydrogens is 625 g/mol. The Labute approximate surface area is 288 Å². The number of carbonyl (C=O) groups excluding carboxylic acids is 1. The predicted molar refractivity (Wildman–Crippen MR) is 129 cm³/mol. The van der Waals surface area contributed by atoms with Gasteiger partial charge in [-0.05, 0) is 18.9 Å². The molecule has 3 rings (SSSR count). The largest absolute Gasteiger partial charge is 1.00 e. The number of hydrogen-bond acceptors (Lipinski definition) is 17. The maximum absolute atomic E-state index is 13.0. The summed E-state index contributed by atoms with van der Waals surface area (Å²) in [5.74, 6) is -3.12. The summed E-state index contributed by atoms with van der Waals surface area (Å²) < 4.78 is 29.5. The van der Waals surface area contributed by atoms with E-state index in [1.807, 2.05) is 0 Å². The van der Waals surface area contributed by atoms with Crippen molar-refractivity contribution >= 4 is 25.3 Å². The van der Waals surface area contributed by atoms with Crippen molar-refractivity contribution in [1.29, 1.82) is 0 Å². The van der Waals surface area contributed by atoms with Crippen molar-refractivity contribution in [1.82, 2.24) is 9.55 Å². The Morgan fingerprint density at radius 1 is 1.30 bits per heavy atom. The van der Waals surface area contributed by atoms with Crippen LogP contribution in [0.4, 0.5) is 5.82 Å². The number of nitrogens with two attached hydrogens (primary N) is 1. The first-order valence-electron chi connectivity index (χ1n) is 12.1. The Balaban J connectivity index is 0.00000462. The minimum absolute atomic E-state index is 0. The van der Waals surface area contributed by atoms with Gasteiger partial charge in [0.15, 0.2) is 6.23 Å². The summed E-state index contributed by atoms with van der Waals surface area (Å²) in [6, 6.07) is -0.423. The number of aliphatic hydroxyl groups excluding tert-OH is 6. The summed E-state index contributed by atoms with van der Waals surface area (Å²) in [6.07, 6.45) is -15.6. The molecule has 19 nitrogen and oxygen atoms in total. The standard InChI is InChI=1S/C21H33N4O15P.2Na/c1-8(27)23-13-9(28)4-21(19(33)34,40-17(13)14(30)10(29)5-26)7-41(36,37)38-6-11-15(31)16(32)18(39-11)25-3-2-12(22)24-20(25)35;;/h2-3,9-11,13-18,26,28-32H,4-7H2,1H3,(H,23,27)(H,33,34)(H,36,37)(H2,22,24,35);;/q;2*+1/p-2/t9-,10+,11+,13+,14+,15+,16+,17+,18+,21+;;/m0../s1. The normalized spacial score (nSPS) is 33.9. The van der Waals surface area contributed by atoms with E-state index in [4.69, 9.17) is 19.7 Å². The van der Waals surface area contributed by atoms with Crippen molar-refractivity contribution in [2.24, 2.45) is 4.99 Å². The van der Waals surface area contributed by atoms with Crippen LogP contribution < -0.4 is 80.8 Å². The Hall–Kier alpha value is -0.550. The molecule has 0 spiro atoms. The van der Waals surface area contributed by atoms with Crippen LogP contribution in [-0.2, 0) is 23.4 Å². The molecule has 2 aliphatic rings. The fourth-order valence-corrected chi connectivity index (χ4v) is 6.05. The SMILES string of the molecule is CC([O-])=N[C@H]1[C@H]([C@H](O)[C@H](O)CO)O[C@](CP(=O)(O)OC[C@H]2O[C@@H](n3ccc(N)nc3=O)[C@H](O)[C@@H]2O)(C(=O)[O-])C[C@@H]1O.[Na+].[Na+]. The molecule has 0 aliphatic carbocycles. The van der Waals surface area contributed by atoms with Gasteiger partial charge in [0.05, 0.1) is 31.4 Å². The van der Waals surface area contributed by atoms with Crippen LogP contribution in [0, 0.1) is 0 Å². The van der Waals surface area contributed by atoms with E-state index in [2.05, 4.69) is 9.98 Å². The van der Waals surface area contributed by atoms with E-state index in [0.717, 1.165) is 17.7 Å². The van der Waals surface area contributed by atoms with E-state index in [9.17, 15) is 59.9 Å². The molecule has 43 heavy (non-hydrogen) atoms. The van der Waals surface area contributed by atoms with Gasteiger partial charge < -0.3 is 70.3 Å². The average molecular weight is 656 g/mol. The second-order valence-corrected chi connectivity index (χ2v) is 11.5. The zero-order chi connectivity index (χ0) is 30.9. The van der Waals surface area contributed by atoms with Gasteiger partial charge in [-0.25, -0.2) is 4.79 Å². The number of carboxylic acids is 1. The summed E-state index contributed by atoms with van der Waals surface area (Å²) in [5, 5.41) is 84.5. The smallest absolute Gasteiger partial charge is 0.862 e. The van der Waals surface area contributed by atoms with Crippen LogP contribution in [0.5, 0.6) is 0 Å². The van der Waals surface area contributed by atoms with Crippen LogP contribution in [0.25, 0.3) is 0 Å². The van der Waals surface area contributed by atoms with Gasteiger partial charge in [0.2, 0.25) is 0 Å². The quantitative estimate of drug-likeness (QED) is 0.0474. The first-order valence-corrected chi connectivity index (χ1v) is 13.9. The molecule has 0 saturated carbocycles. The molecule has 22 heteroatoms. The molecule has 1 aromatic heterocycles. The number of hydrogen-bond donors (Lipinski definition) is 8. The molecule has 232 valence electrons. The Kier molecular flexibility index (Phi) is 15.4. The van der Waals surface area contributed by atoms with Crippen LogP contribution in [0.3, 0.4) is 0 Å². The zero-order valence-corrected chi connectivity index (χ0v) is 28.3. The zero-order valence-electron chi connectivity index (χ0n) is 23.4. The number of nitrogen functional groups attached to an aromatic ring is 1. The van der Waals surface area contributed by atoms with Gasteiger partial charge in [0, 0.05) is 12.6 Å². The van der Waals surface area contributed by atoms with Gasteiger partial charge in [-0.1, -0.05) is 0 Å². The first kappa shape index (κ1) is 40.5. The maximum atomic E-state index is 13.0. The molecular formula is C21H31N4Na2O15P.